The van der Waals surface area contributed by atoms with Crippen molar-refractivity contribution in [2.24, 2.45) is 5.73 Å². The van der Waals surface area contributed by atoms with Crippen molar-refractivity contribution >= 4 is 5.91 Å². The van der Waals surface area contributed by atoms with E-state index in [2.05, 4.69) is 5.32 Å². The highest BCUT2D eigenvalue weighted by Gasteiger charge is 2.28. The minimum atomic E-state index is -0.390. The van der Waals surface area contributed by atoms with E-state index < -0.39 is 0 Å². The van der Waals surface area contributed by atoms with E-state index in [1.165, 1.54) is 0 Å². The Morgan fingerprint density at radius 3 is 2.94 bits per heavy atom. The molecule has 0 spiro atoms. The molecule has 1 aromatic rings. The van der Waals surface area contributed by atoms with Gasteiger partial charge in [-0.05, 0) is 24.0 Å². The van der Waals surface area contributed by atoms with Gasteiger partial charge in [0.2, 0.25) is 5.91 Å². The first-order chi connectivity index (χ1) is 8.20. The Balaban J connectivity index is 2.15. The van der Waals surface area contributed by atoms with E-state index >= 15 is 0 Å². The summed E-state index contributed by atoms with van der Waals surface area (Å²) < 4.78 is 5.08. The minimum absolute atomic E-state index is 0.327. The zero-order valence-electron chi connectivity index (χ0n) is 9.98. The molecule has 0 radical (unpaired) electrons. The SMILES string of the molecule is COCc1cccc(C(NC2CC2)C(N)=O)c1. The smallest absolute Gasteiger partial charge is 0.239 e. The standard InChI is InChI=1S/C13H18N2O2/c1-17-8-9-3-2-4-10(7-9)12(13(14)16)15-11-5-6-11/h2-4,7,11-12,15H,5-6,8H2,1H3,(H2,14,16). The molecule has 0 heterocycles. The zero-order chi connectivity index (χ0) is 12.3. The molecule has 4 nitrogen and oxygen atoms in total. The molecule has 92 valence electrons. The molecule has 1 fully saturated rings. The lowest BCUT2D eigenvalue weighted by molar-refractivity contribution is -0.120. The molecule has 1 aromatic carbocycles. The molecular formula is C13H18N2O2. The first-order valence-electron chi connectivity index (χ1n) is 5.84. The van der Waals surface area contributed by atoms with Gasteiger partial charge >= 0.3 is 0 Å². The average molecular weight is 234 g/mol. The molecule has 0 aromatic heterocycles. The van der Waals surface area contributed by atoms with Gasteiger partial charge in [0.1, 0.15) is 6.04 Å². The van der Waals surface area contributed by atoms with Crippen molar-refractivity contribution in [3.63, 3.8) is 0 Å². The third kappa shape index (κ3) is 3.28. The monoisotopic (exact) mass is 234 g/mol. The predicted molar refractivity (Wildman–Crippen MR) is 65.2 cm³/mol. The number of methoxy groups -OCH3 is 1. The summed E-state index contributed by atoms with van der Waals surface area (Å²) in [5, 5.41) is 3.26. The molecule has 0 bridgehead atoms. The first-order valence-corrected chi connectivity index (χ1v) is 5.84. The Morgan fingerprint density at radius 1 is 1.59 bits per heavy atom. The normalized spacial score (nSPS) is 16.8. The number of primary amides is 1. The Kier molecular flexibility index (Phi) is 3.76. The number of nitrogens with two attached hydrogens (primary N) is 1. The number of hydrogen-bond donors (Lipinski definition) is 2. The number of rotatable bonds is 6. The number of hydrogen-bond acceptors (Lipinski definition) is 3. The number of benzene rings is 1. The van der Waals surface area contributed by atoms with Crippen LogP contribution in [0.25, 0.3) is 0 Å². The number of nitrogens with one attached hydrogen (secondary N) is 1. The molecule has 0 saturated heterocycles. The first kappa shape index (κ1) is 12.1. The lowest BCUT2D eigenvalue weighted by Crippen LogP contribution is -2.34. The molecule has 0 aliphatic heterocycles. The quantitative estimate of drug-likeness (QED) is 0.775. The van der Waals surface area contributed by atoms with Crippen LogP contribution in [0.1, 0.15) is 30.0 Å². The van der Waals surface area contributed by atoms with E-state index in [-0.39, 0.29) is 11.9 Å². The molecular weight excluding hydrogens is 216 g/mol. The topological polar surface area (TPSA) is 64.3 Å². The van der Waals surface area contributed by atoms with Gasteiger partial charge in [-0.1, -0.05) is 24.3 Å². The van der Waals surface area contributed by atoms with E-state index in [1.807, 2.05) is 24.3 Å². The van der Waals surface area contributed by atoms with E-state index in [9.17, 15) is 4.79 Å². The number of carbonyl (C=O) groups excluding carboxylic acids is 1. The van der Waals surface area contributed by atoms with Crippen molar-refractivity contribution in [3.05, 3.63) is 35.4 Å². The van der Waals surface area contributed by atoms with Crippen molar-refractivity contribution < 1.29 is 9.53 Å². The van der Waals surface area contributed by atoms with Crippen molar-refractivity contribution in [3.8, 4) is 0 Å². The summed E-state index contributed by atoms with van der Waals surface area (Å²) in [7, 11) is 1.65. The molecule has 1 atom stereocenters. The van der Waals surface area contributed by atoms with Crippen LogP contribution in [0.3, 0.4) is 0 Å². The zero-order valence-corrected chi connectivity index (χ0v) is 9.98. The van der Waals surface area contributed by atoms with Crippen LogP contribution in [-0.2, 0) is 16.1 Å². The summed E-state index contributed by atoms with van der Waals surface area (Å²) in [6.45, 7) is 0.544. The van der Waals surface area contributed by atoms with Gasteiger partial charge in [0.15, 0.2) is 0 Å². The minimum Gasteiger partial charge on any atom is -0.380 e. The molecule has 1 saturated carbocycles. The van der Waals surface area contributed by atoms with Gasteiger partial charge in [0, 0.05) is 13.2 Å². The number of carbonyl (C=O) groups is 1. The van der Waals surface area contributed by atoms with E-state index in [0.717, 1.165) is 24.0 Å². The average Bonchev–Trinajstić information content (AvgIpc) is 3.10. The van der Waals surface area contributed by atoms with Gasteiger partial charge in [0.25, 0.3) is 0 Å². The second-order valence-electron chi connectivity index (χ2n) is 4.45. The summed E-state index contributed by atoms with van der Waals surface area (Å²) in [5.74, 6) is -0.327. The third-order valence-electron chi connectivity index (χ3n) is 2.86. The van der Waals surface area contributed by atoms with E-state index in [4.69, 9.17) is 10.5 Å². The summed E-state index contributed by atoms with van der Waals surface area (Å²) in [4.78, 5) is 11.5. The Labute approximate surface area is 101 Å². The Hall–Kier alpha value is -1.39. The Bertz CT molecular complexity index is 402. The maximum atomic E-state index is 11.5. The fourth-order valence-corrected chi connectivity index (χ4v) is 1.86. The lowest BCUT2D eigenvalue weighted by Gasteiger charge is -2.16. The fourth-order valence-electron chi connectivity index (χ4n) is 1.86. The molecule has 2 rings (SSSR count). The molecule has 1 aliphatic carbocycles. The maximum Gasteiger partial charge on any atom is 0.239 e. The number of amides is 1. The largest absolute Gasteiger partial charge is 0.380 e. The van der Waals surface area contributed by atoms with Crippen LogP contribution in [0, 0.1) is 0 Å². The van der Waals surface area contributed by atoms with Crippen LogP contribution < -0.4 is 11.1 Å². The van der Waals surface area contributed by atoms with Crippen molar-refractivity contribution in [2.45, 2.75) is 31.5 Å². The van der Waals surface area contributed by atoms with Crippen LogP contribution in [-0.4, -0.2) is 19.1 Å². The van der Waals surface area contributed by atoms with E-state index in [1.54, 1.807) is 7.11 Å². The highest BCUT2D eigenvalue weighted by Crippen LogP contribution is 2.24. The van der Waals surface area contributed by atoms with Crippen LogP contribution in [0.5, 0.6) is 0 Å². The predicted octanol–water partition coefficient (Wildman–Crippen LogP) is 1.11. The van der Waals surface area contributed by atoms with Gasteiger partial charge in [-0.2, -0.15) is 0 Å². The van der Waals surface area contributed by atoms with Gasteiger partial charge in [-0.3, -0.25) is 10.1 Å². The second-order valence-corrected chi connectivity index (χ2v) is 4.45. The summed E-state index contributed by atoms with van der Waals surface area (Å²) in [5.41, 5.74) is 7.40. The van der Waals surface area contributed by atoms with Crippen molar-refractivity contribution in [1.29, 1.82) is 0 Å². The van der Waals surface area contributed by atoms with Gasteiger partial charge in [0.05, 0.1) is 6.61 Å². The molecule has 17 heavy (non-hydrogen) atoms. The highest BCUT2D eigenvalue weighted by atomic mass is 16.5. The molecule has 1 unspecified atom stereocenters. The van der Waals surface area contributed by atoms with Crippen LogP contribution in [0.2, 0.25) is 0 Å². The molecule has 1 aliphatic rings. The lowest BCUT2D eigenvalue weighted by atomic mass is 10.0. The van der Waals surface area contributed by atoms with Crippen LogP contribution >= 0.6 is 0 Å². The van der Waals surface area contributed by atoms with E-state index in [0.29, 0.717) is 12.6 Å². The highest BCUT2D eigenvalue weighted by molar-refractivity contribution is 5.81. The molecule has 1 amide bonds. The number of ether oxygens (including phenoxy) is 1. The van der Waals surface area contributed by atoms with Gasteiger partial charge in [-0.25, -0.2) is 0 Å². The molecule has 3 N–H and O–H groups in total. The summed E-state index contributed by atoms with van der Waals surface area (Å²) in [6.07, 6.45) is 2.25. The van der Waals surface area contributed by atoms with Gasteiger partial charge < -0.3 is 10.5 Å². The third-order valence-corrected chi connectivity index (χ3v) is 2.86. The van der Waals surface area contributed by atoms with Crippen LogP contribution in [0.4, 0.5) is 0 Å². The molecule has 4 heteroatoms. The van der Waals surface area contributed by atoms with Crippen LogP contribution in [0.15, 0.2) is 24.3 Å². The second kappa shape index (κ2) is 5.29. The van der Waals surface area contributed by atoms with Gasteiger partial charge in [-0.15, -0.1) is 0 Å². The Morgan fingerprint density at radius 2 is 2.35 bits per heavy atom. The summed E-state index contributed by atoms with van der Waals surface area (Å²) >= 11 is 0. The van der Waals surface area contributed by atoms with Crippen molar-refractivity contribution in [2.75, 3.05) is 7.11 Å². The van der Waals surface area contributed by atoms with Crippen molar-refractivity contribution in [1.82, 2.24) is 5.32 Å². The summed E-state index contributed by atoms with van der Waals surface area (Å²) in [6, 6.07) is 7.84. The fraction of sp³-hybridized carbons (Fsp3) is 0.462. The maximum absolute atomic E-state index is 11.5.